The number of methoxy groups -OCH3 is 1. The number of ether oxygens (including phenoxy) is 3. The highest BCUT2D eigenvalue weighted by Crippen LogP contribution is 2.38. The molecule has 62 heavy (non-hydrogen) atoms. The molecular formula is C52H47N3O7. The van der Waals surface area contributed by atoms with Crippen LogP contribution in [0.1, 0.15) is 37.3 Å². The van der Waals surface area contributed by atoms with Gasteiger partial charge in [-0.1, -0.05) is 97.9 Å². The Labute approximate surface area is 361 Å². The second-order valence-corrected chi connectivity index (χ2v) is 14.8. The number of esters is 2. The Morgan fingerprint density at radius 3 is 1.87 bits per heavy atom. The van der Waals surface area contributed by atoms with Gasteiger partial charge in [0, 0.05) is 49.0 Å². The normalized spacial score (nSPS) is 13.1. The molecular weight excluding hydrogens is 779 g/mol. The summed E-state index contributed by atoms with van der Waals surface area (Å²) in [6.07, 6.45) is 10.7. The Hall–Kier alpha value is -7.66. The van der Waals surface area contributed by atoms with Crippen LogP contribution in [0.5, 0.6) is 11.5 Å². The van der Waals surface area contributed by atoms with Crippen LogP contribution >= 0.6 is 0 Å². The molecule has 0 spiro atoms. The first kappa shape index (κ1) is 43.9. The Kier molecular flexibility index (Phi) is 14.9. The summed E-state index contributed by atoms with van der Waals surface area (Å²) >= 11 is 0. The van der Waals surface area contributed by atoms with Crippen molar-refractivity contribution in [3.05, 3.63) is 191 Å². The number of allylic oxidation sites excluding steroid dienone is 3. The molecule has 0 amide bonds. The minimum atomic E-state index is -0.743. The van der Waals surface area contributed by atoms with Gasteiger partial charge in [-0.05, 0) is 99.2 Å². The van der Waals surface area contributed by atoms with E-state index in [4.69, 9.17) is 20.8 Å². The molecule has 0 saturated heterocycles. The summed E-state index contributed by atoms with van der Waals surface area (Å²) in [7, 11) is 1.24. The molecule has 0 radical (unpaired) electrons. The summed E-state index contributed by atoms with van der Waals surface area (Å²) in [5.74, 6) is -0.734. The summed E-state index contributed by atoms with van der Waals surface area (Å²) in [5.41, 5.74) is 5.30. The Morgan fingerprint density at radius 2 is 1.34 bits per heavy atom. The van der Waals surface area contributed by atoms with Crippen LogP contribution in [0, 0.1) is 17.9 Å². The van der Waals surface area contributed by atoms with E-state index in [1.807, 2.05) is 140 Å². The van der Waals surface area contributed by atoms with Gasteiger partial charge in [-0.2, -0.15) is 5.26 Å². The molecule has 1 heterocycles. The molecule has 312 valence electrons. The number of nitriles is 1. The van der Waals surface area contributed by atoms with E-state index >= 15 is 0 Å². The molecule has 5 aromatic rings. The molecule has 10 nitrogen and oxygen atoms in total. The van der Waals surface area contributed by atoms with Gasteiger partial charge in [-0.25, -0.2) is 9.64 Å². The van der Waals surface area contributed by atoms with Crippen molar-refractivity contribution in [2.75, 3.05) is 33.5 Å². The van der Waals surface area contributed by atoms with E-state index in [-0.39, 0.29) is 36.1 Å². The highest BCUT2D eigenvalue weighted by molar-refractivity contribution is 6.16. The van der Waals surface area contributed by atoms with Crippen molar-refractivity contribution < 1.29 is 34.0 Å². The Bertz CT molecular complexity index is 2610. The molecule has 0 unspecified atom stereocenters. The van der Waals surface area contributed by atoms with Gasteiger partial charge in [0.05, 0.1) is 26.9 Å². The van der Waals surface area contributed by atoms with E-state index in [1.54, 1.807) is 30.3 Å². The van der Waals surface area contributed by atoms with Crippen molar-refractivity contribution >= 4 is 23.2 Å². The predicted octanol–water partition coefficient (Wildman–Crippen LogP) is 8.31. The highest BCUT2D eigenvalue weighted by atomic mass is 16.5. The van der Waals surface area contributed by atoms with Crippen molar-refractivity contribution in [3.63, 3.8) is 0 Å². The van der Waals surface area contributed by atoms with Gasteiger partial charge in [0.15, 0.2) is 5.70 Å². The van der Waals surface area contributed by atoms with Crippen LogP contribution in [0.25, 0.3) is 38.4 Å². The molecule has 0 saturated carbocycles. The highest BCUT2D eigenvalue weighted by Gasteiger charge is 2.30. The standard InChI is InChI=1S/C52H47N3O7/c1-52(40-15-19-42(56)20-16-40,41-17-21-43(57)22-18-41)26-23-50(58)62-31-10-30-61-32-29-55-27-24-37(25-28-55)33-49(54-2)47-35-44(38-11-6-4-7-12-38)46(48(36-53)51(59)60-3)34-45(47)39-13-8-5-9-14-39/h4-9,11-22,24-25,27-28,33-35,56-57H,10,23,26,29-32H2,1,3H3/b48-46-,49-47+. The lowest BCUT2D eigenvalue weighted by Gasteiger charge is -2.31. The summed E-state index contributed by atoms with van der Waals surface area (Å²) in [6.45, 7) is 12.0. The minimum Gasteiger partial charge on any atom is -0.508 e. The number of nitrogens with zero attached hydrogens (tertiary/aromatic N) is 3. The van der Waals surface area contributed by atoms with E-state index in [0.717, 1.165) is 27.8 Å². The third-order valence-electron chi connectivity index (χ3n) is 10.7. The number of benzene rings is 5. The van der Waals surface area contributed by atoms with Crippen LogP contribution in [0.2, 0.25) is 0 Å². The Morgan fingerprint density at radius 1 is 0.790 bits per heavy atom. The first-order valence-corrected chi connectivity index (χ1v) is 20.2. The molecule has 0 aromatic heterocycles. The van der Waals surface area contributed by atoms with Gasteiger partial charge in [0.25, 0.3) is 0 Å². The summed E-state index contributed by atoms with van der Waals surface area (Å²) in [6, 6.07) is 38.6. The predicted molar refractivity (Wildman–Crippen MR) is 239 cm³/mol. The van der Waals surface area contributed by atoms with Crippen molar-refractivity contribution in [1.29, 1.82) is 5.26 Å². The summed E-state index contributed by atoms with van der Waals surface area (Å²) in [5, 5.41) is 30.8. The molecule has 5 aromatic carbocycles. The fraction of sp³-hybridized carbons (Fsp3) is 0.192. The quantitative estimate of drug-likeness (QED) is 0.0573. The molecule has 1 aliphatic rings. The third kappa shape index (κ3) is 10.9. The molecule has 6 rings (SSSR count). The molecule has 0 fully saturated rings. The number of hydrogen-bond donors (Lipinski definition) is 2. The SMILES string of the molecule is [C-]#[N+]/C(C=C1C=CN(CCOCCCOC(=O)CCC(C)(c2ccc(O)cc2)c2ccc(O)cc2)C=C1)=c1\cc(-c2ccccc2)/c(=C(/C#N)C(=O)OC)cc1-c1ccccc1. The fourth-order valence-corrected chi connectivity index (χ4v) is 7.25. The maximum absolute atomic E-state index is 12.8. The van der Waals surface area contributed by atoms with Crippen LogP contribution in [0.15, 0.2) is 158 Å². The van der Waals surface area contributed by atoms with E-state index in [1.165, 1.54) is 7.11 Å². The molecule has 1 aliphatic heterocycles. The minimum absolute atomic E-state index is 0.131. The average Bonchev–Trinajstić information content (AvgIpc) is 3.31. The second-order valence-electron chi connectivity index (χ2n) is 14.8. The number of phenols is 2. The van der Waals surface area contributed by atoms with Crippen molar-refractivity contribution in [1.82, 2.24) is 4.90 Å². The van der Waals surface area contributed by atoms with Gasteiger partial charge >= 0.3 is 11.9 Å². The van der Waals surface area contributed by atoms with Gasteiger partial charge in [0.2, 0.25) is 0 Å². The van der Waals surface area contributed by atoms with Gasteiger partial charge in [0.1, 0.15) is 23.1 Å². The lowest BCUT2D eigenvalue weighted by molar-refractivity contribution is -0.144. The lowest BCUT2D eigenvalue weighted by atomic mass is 9.73. The molecule has 0 atom stereocenters. The van der Waals surface area contributed by atoms with Gasteiger partial charge in [-0.3, -0.25) is 4.79 Å². The van der Waals surface area contributed by atoms with E-state index in [9.17, 15) is 25.1 Å². The zero-order valence-corrected chi connectivity index (χ0v) is 34.7. The number of hydrogen-bond acceptors (Lipinski definition) is 9. The molecule has 10 heteroatoms. The van der Waals surface area contributed by atoms with Crippen LogP contribution in [-0.2, 0) is 29.2 Å². The molecule has 2 N–H and O–H groups in total. The maximum atomic E-state index is 12.8. The Balaban J connectivity index is 1.07. The van der Waals surface area contributed by atoms with E-state index in [0.29, 0.717) is 59.9 Å². The summed E-state index contributed by atoms with van der Waals surface area (Å²) in [4.78, 5) is 31.5. The van der Waals surface area contributed by atoms with Gasteiger partial charge in [-0.15, -0.1) is 0 Å². The van der Waals surface area contributed by atoms with Gasteiger partial charge < -0.3 is 29.3 Å². The topological polar surface area (TPSA) is 134 Å². The number of carbonyl (C=O) groups excluding carboxylic acids is 2. The molecule has 0 aliphatic carbocycles. The zero-order chi connectivity index (χ0) is 43.9. The summed E-state index contributed by atoms with van der Waals surface area (Å²) < 4.78 is 16.4. The number of rotatable bonds is 16. The third-order valence-corrected chi connectivity index (χ3v) is 10.7. The average molecular weight is 826 g/mol. The maximum Gasteiger partial charge on any atom is 0.349 e. The van der Waals surface area contributed by atoms with Crippen LogP contribution in [-0.4, -0.2) is 60.5 Å². The van der Waals surface area contributed by atoms with Crippen molar-refractivity contribution in [2.45, 2.75) is 31.6 Å². The monoisotopic (exact) mass is 825 g/mol. The first-order valence-electron chi connectivity index (χ1n) is 20.2. The smallest absolute Gasteiger partial charge is 0.349 e. The van der Waals surface area contributed by atoms with Crippen LogP contribution in [0.3, 0.4) is 0 Å². The number of carbonyl (C=O) groups is 2. The fourth-order valence-electron chi connectivity index (χ4n) is 7.25. The van der Waals surface area contributed by atoms with Crippen LogP contribution < -0.4 is 10.4 Å². The van der Waals surface area contributed by atoms with Crippen LogP contribution in [0.4, 0.5) is 0 Å². The van der Waals surface area contributed by atoms with E-state index in [2.05, 4.69) is 4.85 Å². The molecule has 0 bridgehead atoms. The largest absolute Gasteiger partial charge is 0.508 e. The number of aromatic hydroxyl groups is 2. The van der Waals surface area contributed by atoms with Crippen molar-refractivity contribution in [3.8, 4) is 39.8 Å². The zero-order valence-electron chi connectivity index (χ0n) is 34.7. The first-order chi connectivity index (χ1) is 30.1. The van der Waals surface area contributed by atoms with Crippen molar-refractivity contribution in [2.24, 2.45) is 0 Å². The van der Waals surface area contributed by atoms with E-state index < -0.39 is 11.4 Å². The second kappa shape index (κ2) is 21.0. The number of phenolic OH excluding ortho intramolecular Hbond substituents is 2. The lowest BCUT2D eigenvalue weighted by Crippen LogP contribution is -2.25.